The second kappa shape index (κ2) is 6.54. The predicted octanol–water partition coefficient (Wildman–Crippen LogP) is 3.84. The minimum atomic E-state index is -0.321. The second-order valence-electron chi connectivity index (χ2n) is 5.72. The van der Waals surface area contributed by atoms with E-state index in [1.54, 1.807) is 23.1 Å². The number of hydrogen-bond acceptors (Lipinski definition) is 3. The fourth-order valence-corrected chi connectivity index (χ4v) is 2.36. The van der Waals surface area contributed by atoms with Crippen molar-refractivity contribution in [3.8, 4) is 5.82 Å². The predicted molar refractivity (Wildman–Crippen MR) is 94.7 cm³/mol. The summed E-state index contributed by atoms with van der Waals surface area (Å²) >= 11 is 0. The molecule has 2 amide bonds. The first-order valence-corrected chi connectivity index (χ1v) is 7.65. The summed E-state index contributed by atoms with van der Waals surface area (Å²) in [6, 6.07) is 11.1. The highest BCUT2D eigenvalue weighted by Crippen LogP contribution is 2.18. The molecule has 0 spiro atoms. The van der Waals surface area contributed by atoms with E-state index in [9.17, 15) is 4.79 Å². The first-order chi connectivity index (χ1) is 11.5. The quantitative estimate of drug-likeness (QED) is 0.770. The van der Waals surface area contributed by atoms with Gasteiger partial charge in [0.15, 0.2) is 5.82 Å². The molecule has 122 valence electrons. The van der Waals surface area contributed by atoms with E-state index in [1.165, 1.54) is 0 Å². The summed E-state index contributed by atoms with van der Waals surface area (Å²) < 4.78 is 1.59. The average molecular weight is 321 g/mol. The molecule has 0 unspecified atom stereocenters. The normalized spacial score (nSPS) is 10.5. The van der Waals surface area contributed by atoms with Crippen molar-refractivity contribution in [2.24, 2.45) is 0 Å². The Hall–Kier alpha value is -3.15. The molecule has 0 aliphatic carbocycles. The van der Waals surface area contributed by atoms with Crippen LogP contribution >= 0.6 is 0 Å². The second-order valence-corrected chi connectivity index (χ2v) is 5.72. The number of aryl methyl sites for hydroxylation is 3. The van der Waals surface area contributed by atoms with Gasteiger partial charge in [0.1, 0.15) is 5.82 Å². The molecular formula is C18H19N5O. The number of amides is 2. The van der Waals surface area contributed by atoms with E-state index in [0.717, 1.165) is 22.4 Å². The maximum Gasteiger partial charge on any atom is 0.324 e. The van der Waals surface area contributed by atoms with E-state index < -0.39 is 0 Å². The van der Waals surface area contributed by atoms with Crippen molar-refractivity contribution >= 4 is 17.5 Å². The summed E-state index contributed by atoms with van der Waals surface area (Å²) in [5, 5.41) is 9.91. The summed E-state index contributed by atoms with van der Waals surface area (Å²) in [5.74, 6) is 1.21. The highest BCUT2D eigenvalue weighted by Gasteiger charge is 2.11. The van der Waals surface area contributed by atoms with Crippen molar-refractivity contribution in [1.29, 1.82) is 0 Å². The summed E-state index contributed by atoms with van der Waals surface area (Å²) in [4.78, 5) is 16.6. The lowest BCUT2D eigenvalue weighted by Gasteiger charge is -2.12. The number of urea groups is 1. The van der Waals surface area contributed by atoms with Gasteiger partial charge in [-0.25, -0.2) is 9.78 Å². The van der Waals surface area contributed by atoms with Gasteiger partial charge in [0, 0.05) is 18.0 Å². The Bertz CT molecular complexity index is 885. The summed E-state index contributed by atoms with van der Waals surface area (Å²) in [7, 11) is 0. The summed E-state index contributed by atoms with van der Waals surface area (Å²) in [6.45, 7) is 5.92. The number of anilines is 2. The van der Waals surface area contributed by atoms with Crippen LogP contribution in [0.4, 0.5) is 16.3 Å². The third-order valence-electron chi connectivity index (χ3n) is 3.64. The van der Waals surface area contributed by atoms with Crippen LogP contribution in [0.2, 0.25) is 0 Å². The van der Waals surface area contributed by atoms with Crippen molar-refractivity contribution in [1.82, 2.24) is 14.8 Å². The van der Waals surface area contributed by atoms with Crippen LogP contribution in [-0.4, -0.2) is 20.8 Å². The lowest BCUT2D eigenvalue weighted by atomic mass is 10.1. The summed E-state index contributed by atoms with van der Waals surface area (Å²) in [6.07, 6.45) is 3.34. The number of carbonyl (C=O) groups excluding carboxylic acids is 1. The molecule has 6 heteroatoms. The highest BCUT2D eigenvalue weighted by atomic mass is 16.2. The first-order valence-electron chi connectivity index (χ1n) is 7.65. The average Bonchev–Trinajstić information content (AvgIpc) is 2.99. The largest absolute Gasteiger partial charge is 0.324 e. The number of carbonyl (C=O) groups is 1. The van der Waals surface area contributed by atoms with Crippen molar-refractivity contribution in [3.63, 3.8) is 0 Å². The van der Waals surface area contributed by atoms with Crippen LogP contribution in [0.5, 0.6) is 0 Å². The van der Waals surface area contributed by atoms with Gasteiger partial charge in [0.05, 0.1) is 6.20 Å². The van der Waals surface area contributed by atoms with Gasteiger partial charge in [-0.3, -0.25) is 5.32 Å². The zero-order valence-corrected chi connectivity index (χ0v) is 13.9. The molecule has 2 N–H and O–H groups in total. The van der Waals surface area contributed by atoms with Crippen molar-refractivity contribution in [2.45, 2.75) is 20.8 Å². The van der Waals surface area contributed by atoms with Crippen LogP contribution < -0.4 is 10.6 Å². The van der Waals surface area contributed by atoms with E-state index in [2.05, 4.69) is 20.7 Å². The van der Waals surface area contributed by atoms with Gasteiger partial charge in [-0.15, -0.1) is 0 Å². The molecule has 0 aliphatic heterocycles. The molecule has 1 aromatic carbocycles. The zero-order valence-electron chi connectivity index (χ0n) is 13.9. The monoisotopic (exact) mass is 321 g/mol. The van der Waals surface area contributed by atoms with Crippen LogP contribution in [-0.2, 0) is 0 Å². The van der Waals surface area contributed by atoms with Crippen LogP contribution in [0, 0.1) is 20.8 Å². The van der Waals surface area contributed by atoms with E-state index in [1.807, 2.05) is 51.1 Å². The molecule has 6 nitrogen and oxygen atoms in total. The lowest BCUT2D eigenvalue weighted by Crippen LogP contribution is -2.22. The Morgan fingerprint density at radius 1 is 0.958 bits per heavy atom. The third-order valence-corrected chi connectivity index (χ3v) is 3.64. The molecule has 2 aromatic heterocycles. The Morgan fingerprint density at radius 3 is 2.54 bits per heavy atom. The molecule has 0 aliphatic rings. The highest BCUT2D eigenvalue weighted by molar-refractivity contribution is 5.99. The first kappa shape index (κ1) is 15.7. The van der Waals surface area contributed by atoms with Crippen LogP contribution in [0.25, 0.3) is 5.82 Å². The number of nitrogens with zero attached hydrogens (tertiary/aromatic N) is 3. The number of nitrogens with one attached hydrogen (secondary N) is 2. The molecule has 0 radical (unpaired) electrons. The molecule has 0 fully saturated rings. The Kier molecular flexibility index (Phi) is 4.29. The van der Waals surface area contributed by atoms with Gasteiger partial charge in [0.2, 0.25) is 0 Å². The minimum absolute atomic E-state index is 0.321. The van der Waals surface area contributed by atoms with Crippen LogP contribution in [0.15, 0.2) is 48.8 Å². The molecule has 3 rings (SSSR count). The molecule has 3 aromatic rings. The SMILES string of the molecule is Cc1ccnc(-n2nccc2NC(=O)Nc2cc(C)ccc2C)c1. The van der Waals surface area contributed by atoms with Gasteiger partial charge >= 0.3 is 6.03 Å². The topological polar surface area (TPSA) is 71.8 Å². The summed E-state index contributed by atoms with van der Waals surface area (Å²) in [5.41, 5.74) is 3.95. The maximum atomic E-state index is 12.3. The van der Waals surface area contributed by atoms with Gasteiger partial charge in [0.25, 0.3) is 0 Å². The molecule has 0 atom stereocenters. The van der Waals surface area contributed by atoms with Gasteiger partial charge < -0.3 is 5.32 Å². The van der Waals surface area contributed by atoms with E-state index in [0.29, 0.717) is 11.6 Å². The Morgan fingerprint density at radius 2 is 1.75 bits per heavy atom. The molecular weight excluding hydrogens is 302 g/mol. The fraction of sp³-hybridized carbons (Fsp3) is 0.167. The Labute approximate surface area is 140 Å². The minimum Gasteiger partial charge on any atom is -0.307 e. The lowest BCUT2D eigenvalue weighted by molar-refractivity contribution is 0.262. The molecule has 0 bridgehead atoms. The number of aromatic nitrogens is 3. The van der Waals surface area contributed by atoms with E-state index in [4.69, 9.17) is 0 Å². The molecule has 0 saturated carbocycles. The zero-order chi connectivity index (χ0) is 17.1. The number of rotatable bonds is 3. The van der Waals surface area contributed by atoms with Crippen molar-refractivity contribution in [2.75, 3.05) is 10.6 Å². The smallest absolute Gasteiger partial charge is 0.307 e. The van der Waals surface area contributed by atoms with Gasteiger partial charge in [-0.1, -0.05) is 12.1 Å². The third kappa shape index (κ3) is 3.43. The fourth-order valence-electron chi connectivity index (χ4n) is 2.36. The van der Waals surface area contributed by atoms with Crippen LogP contribution in [0.1, 0.15) is 16.7 Å². The Balaban J connectivity index is 1.78. The van der Waals surface area contributed by atoms with Gasteiger partial charge in [-0.2, -0.15) is 9.78 Å². The van der Waals surface area contributed by atoms with Crippen LogP contribution in [0.3, 0.4) is 0 Å². The standard InChI is InChI=1S/C18H19N5O/c1-12-4-5-14(3)15(10-12)21-18(24)22-16-7-9-20-23(16)17-11-13(2)6-8-19-17/h4-11H,1-3H3,(H2,21,22,24). The maximum absolute atomic E-state index is 12.3. The number of pyridine rings is 1. The van der Waals surface area contributed by atoms with Crippen molar-refractivity contribution < 1.29 is 4.79 Å². The van der Waals surface area contributed by atoms with Crippen molar-refractivity contribution in [3.05, 3.63) is 65.5 Å². The van der Waals surface area contributed by atoms with E-state index in [-0.39, 0.29) is 6.03 Å². The number of hydrogen-bond donors (Lipinski definition) is 2. The van der Waals surface area contributed by atoms with E-state index >= 15 is 0 Å². The van der Waals surface area contributed by atoms with Gasteiger partial charge in [-0.05, 0) is 55.7 Å². The molecule has 24 heavy (non-hydrogen) atoms. The number of benzene rings is 1. The molecule has 2 heterocycles. The molecule has 0 saturated heterocycles.